The van der Waals surface area contributed by atoms with Crippen molar-refractivity contribution in [2.45, 2.75) is 32.7 Å². The third kappa shape index (κ3) is 4.01. The van der Waals surface area contributed by atoms with Crippen LogP contribution in [-0.4, -0.2) is 54.4 Å². The van der Waals surface area contributed by atoms with Crippen LogP contribution in [0.2, 0.25) is 0 Å². The van der Waals surface area contributed by atoms with E-state index < -0.39 is 5.97 Å². The van der Waals surface area contributed by atoms with Crippen molar-refractivity contribution in [3.05, 3.63) is 10.6 Å². The molecule has 0 saturated carbocycles. The fourth-order valence-electron chi connectivity index (χ4n) is 2.42. The summed E-state index contributed by atoms with van der Waals surface area (Å²) in [6.45, 7) is 5.47. The van der Waals surface area contributed by atoms with Gasteiger partial charge in [-0.2, -0.15) is 0 Å². The first-order chi connectivity index (χ1) is 10.0. The number of nitrogens with zero attached hydrogens (tertiary/aromatic N) is 2. The molecule has 0 aliphatic carbocycles. The number of piperidine rings is 1. The highest BCUT2D eigenvalue weighted by atomic mass is 32.1. The largest absolute Gasteiger partial charge is 0.461 e. The molecule has 0 bridgehead atoms. The third-order valence-corrected chi connectivity index (χ3v) is 4.46. The normalized spacial score (nSPS) is 19.3. The highest BCUT2D eigenvalue weighted by molar-refractivity contribution is 7.17. The van der Waals surface area contributed by atoms with Gasteiger partial charge in [-0.25, -0.2) is 9.78 Å². The standard InChI is InChI=1S/C14H21N3O3S/c1-4-20-13(19)11-12(9(2)18)21-14(16-11)15-10-6-5-7-17(3)8-10/h10H,4-8H2,1-3H3,(H,15,16). The van der Waals surface area contributed by atoms with Gasteiger partial charge < -0.3 is 15.0 Å². The molecule has 0 spiro atoms. The van der Waals surface area contributed by atoms with Crippen LogP contribution in [0, 0.1) is 0 Å². The van der Waals surface area contributed by atoms with Crippen molar-refractivity contribution in [3.8, 4) is 0 Å². The number of nitrogens with one attached hydrogen (secondary N) is 1. The number of hydrogen-bond acceptors (Lipinski definition) is 7. The summed E-state index contributed by atoms with van der Waals surface area (Å²) in [5.74, 6) is -0.697. The Labute approximate surface area is 128 Å². The third-order valence-electron chi connectivity index (χ3n) is 3.37. The van der Waals surface area contributed by atoms with Crippen molar-refractivity contribution >= 4 is 28.2 Å². The molecule has 1 aromatic heterocycles. The molecule has 1 fully saturated rings. The number of ether oxygens (including phenoxy) is 1. The van der Waals surface area contributed by atoms with Gasteiger partial charge in [0.05, 0.1) is 6.61 Å². The molecule has 1 unspecified atom stereocenters. The number of ketones is 1. The molecule has 1 aromatic rings. The minimum atomic E-state index is -0.534. The lowest BCUT2D eigenvalue weighted by Crippen LogP contribution is -2.39. The molecule has 7 heteroatoms. The molecule has 1 N–H and O–H groups in total. The molecule has 1 aliphatic rings. The second-order valence-electron chi connectivity index (χ2n) is 5.22. The van der Waals surface area contributed by atoms with Gasteiger partial charge in [0.25, 0.3) is 0 Å². The first-order valence-corrected chi connectivity index (χ1v) is 7.96. The van der Waals surface area contributed by atoms with Gasteiger partial charge >= 0.3 is 5.97 Å². The summed E-state index contributed by atoms with van der Waals surface area (Å²) >= 11 is 1.23. The van der Waals surface area contributed by atoms with Crippen LogP contribution in [0.1, 0.15) is 46.8 Å². The molecule has 6 nitrogen and oxygen atoms in total. The number of esters is 1. The molecule has 1 aliphatic heterocycles. The number of carbonyl (C=O) groups excluding carboxylic acids is 2. The summed E-state index contributed by atoms with van der Waals surface area (Å²) in [4.78, 5) is 30.4. The van der Waals surface area contributed by atoms with E-state index in [1.54, 1.807) is 6.92 Å². The van der Waals surface area contributed by atoms with Gasteiger partial charge in [-0.05, 0) is 33.4 Å². The van der Waals surface area contributed by atoms with Gasteiger partial charge in [-0.1, -0.05) is 11.3 Å². The molecule has 1 saturated heterocycles. The van der Waals surface area contributed by atoms with Gasteiger partial charge in [-0.3, -0.25) is 4.79 Å². The van der Waals surface area contributed by atoms with E-state index in [4.69, 9.17) is 4.74 Å². The monoisotopic (exact) mass is 311 g/mol. The quantitative estimate of drug-likeness (QED) is 0.663. The fourth-order valence-corrected chi connectivity index (χ4v) is 3.34. The van der Waals surface area contributed by atoms with Crippen LogP contribution in [-0.2, 0) is 4.74 Å². The summed E-state index contributed by atoms with van der Waals surface area (Å²) in [6, 6.07) is 0.296. The van der Waals surface area contributed by atoms with Crippen LogP contribution in [0.5, 0.6) is 0 Å². The van der Waals surface area contributed by atoms with Crippen LogP contribution in [0.25, 0.3) is 0 Å². The first kappa shape index (κ1) is 15.9. The van der Waals surface area contributed by atoms with E-state index in [1.807, 2.05) is 0 Å². The number of likely N-dealkylation sites (N-methyl/N-ethyl adjacent to an activating group) is 1. The smallest absolute Gasteiger partial charge is 0.358 e. The predicted octanol–water partition coefficient (Wildman–Crippen LogP) is 2.03. The van der Waals surface area contributed by atoms with Gasteiger partial charge in [0.1, 0.15) is 4.88 Å². The minimum Gasteiger partial charge on any atom is -0.461 e. The minimum absolute atomic E-state index is 0.126. The number of Topliss-reactive ketones (excluding diaryl/α,β-unsaturated/α-hetero) is 1. The lowest BCUT2D eigenvalue weighted by Gasteiger charge is -2.29. The predicted molar refractivity (Wildman–Crippen MR) is 82.2 cm³/mol. The van der Waals surface area contributed by atoms with E-state index in [2.05, 4.69) is 22.2 Å². The molecule has 0 aromatic carbocycles. The average molecular weight is 311 g/mol. The van der Waals surface area contributed by atoms with Gasteiger partial charge in [-0.15, -0.1) is 0 Å². The van der Waals surface area contributed by atoms with Crippen LogP contribution in [0.15, 0.2) is 0 Å². The maximum absolute atomic E-state index is 11.9. The first-order valence-electron chi connectivity index (χ1n) is 7.15. The summed E-state index contributed by atoms with van der Waals surface area (Å²) < 4.78 is 4.96. The molecular formula is C14H21N3O3S. The fraction of sp³-hybridized carbons (Fsp3) is 0.643. The zero-order valence-corrected chi connectivity index (χ0v) is 13.5. The van der Waals surface area contributed by atoms with E-state index >= 15 is 0 Å². The number of thiazole rings is 1. The molecular weight excluding hydrogens is 290 g/mol. The topological polar surface area (TPSA) is 71.5 Å². The Kier molecular flexibility index (Phi) is 5.30. The van der Waals surface area contributed by atoms with Gasteiger partial charge in [0.2, 0.25) is 0 Å². The van der Waals surface area contributed by atoms with E-state index in [-0.39, 0.29) is 18.1 Å². The number of hydrogen-bond donors (Lipinski definition) is 1. The SMILES string of the molecule is CCOC(=O)c1nc(NC2CCCN(C)C2)sc1C(C)=O. The molecule has 1 atom stereocenters. The molecule has 2 heterocycles. The summed E-state index contributed by atoms with van der Waals surface area (Å²) in [7, 11) is 2.08. The Balaban J connectivity index is 2.15. The Morgan fingerprint density at radius 1 is 1.52 bits per heavy atom. The summed E-state index contributed by atoms with van der Waals surface area (Å²) in [6.07, 6.45) is 2.19. The van der Waals surface area contributed by atoms with E-state index in [0.29, 0.717) is 16.1 Å². The van der Waals surface area contributed by atoms with E-state index in [0.717, 1.165) is 25.9 Å². The molecule has 2 rings (SSSR count). The Bertz CT molecular complexity index is 530. The molecule has 0 radical (unpaired) electrons. The molecule has 0 amide bonds. The number of anilines is 1. The Hall–Kier alpha value is -1.47. The Morgan fingerprint density at radius 2 is 2.29 bits per heavy atom. The van der Waals surface area contributed by atoms with Crippen molar-refractivity contribution in [2.75, 3.05) is 32.1 Å². The van der Waals surface area contributed by atoms with Crippen molar-refractivity contribution in [2.24, 2.45) is 0 Å². The van der Waals surface area contributed by atoms with Crippen LogP contribution in [0.4, 0.5) is 5.13 Å². The molecule has 116 valence electrons. The zero-order chi connectivity index (χ0) is 15.4. The van der Waals surface area contributed by atoms with Crippen LogP contribution < -0.4 is 5.32 Å². The van der Waals surface area contributed by atoms with Crippen LogP contribution >= 0.6 is 11.3 Å². The van der Waals surface area contributed by atoms with Crippen molar-refractivity contribution < 1.29 is 14.3 Å². The maximum atomic E-state index is 11.9. The summed E-state index contributed by atoms with van der Waals surface area (Å²) in [5, 5.41) is 3.94. The number of rotatable bonds is 5. The number of aromatic nitrogens is 1. The number of likely N-dealkylation sites (tertiary alicyclic amines) is 1. The zero-order valence-electron chi connectivity index (χ0n) is 12.6. The van der Waals surface area contributed by atoms with E-state index in [9.17, 15) is 9.59 Å². The van der Waals surface area contributed by atoms with Crippen molar-refractivity contribution in [1.29, 1.82) is 0 Å². The second-order valence-corrected chi connectivity index (χ2v) is 6.22. The maximum Gasteiger partial charge on any atom is 0.358 e. The summed E-state index contributed by atoms with van der Waals surface area (Å²) in [5.41, 5.74) is 0.126. The highest BCUT2D eigenvalue weighted by Gasteiger charge is 2.24. The number of carbonyl (C=O) groups is 2. The van der Waals surface area contributed by atoms with Crippen molar-refractivity contribution in [1.82, 2.24) is 9.88 Å². The lowest BCUT2D eigenvalue weighted by atomic mass is 10.1. The van der Waals surface area contributed by atoms with Gasteiger partial charge in [0.15, 0.2) is 16.6 Å². The van der Waals surface area contributed by atoms with Gasteiger partial charge in [0, 0.05) is 19.5 Å². The second kappa shape index (κ2) is 7.00. The Morgan fingerprint density at radius 3 is 2.90 bits per heavy atom. The highest BCUT2D eigenvalue weighted by Crippen LogP contribution is 2.26. The van der Waals surface area contributed by atoms with Crippen LogP contribution in [0.3, 0.4) is 0 Å². The van der Waals surface area contributed by atoms with Crippen molar-refractivity contribution in [3.63, 3.8) is 0 Å². The molecule has 21 heavy (non-hydrogen) atoms. The van der Waals surface area contributed by atoms with E-state index in [1.165, 1.54) is 18.3 Å². The average Bonchev–Trinajstić information content (AvgIpc) is 2.83. The lowest BCUT2D eigenvalue weighted by molar-refractivity contribution is 0.0517.